The van der Waals surface area contributed by atoms with Crippen LogP contribution in [-0.2, 0) is 27.4 Å². The normalized spacial score (nSPS) is 21.8. The quantitative estimate of drug-likeness (QED) is 0.514. The van der Waals surface area contributed by atoms with E-state index in [1.54, 1.807) is 6.07 Å². The fourth-order valence-corrected chi connectivity index (χ4v) is 6.35. The molecule has 0 radical (unpaired) electrons. The summed E-state index contributed by atoms with van der Waals surface area (Å²) in [6.45, 7) is 0.835. The average Bonchev–Trinajstić information content (AvgIpc) is 3.06. The number of fused-ring (bicyclic) bond motifs is 2. The van der Waals surface area contributed by atoms with Gasteiger partial charge in [-0.1, -0.05) is 24.3 Å². The van der Waals surface area contributed by atoms with E-state index >= 15 is 0 Å². The second kappa shape index (κ2) is 11.1. The maximum atomic E-state index is 12.9. The Hall–Kier alpha value is -2.92. The van der Waals surface area contributed by atoms with E-state index in [4.69, 9.17) is 5.73 Å². The summed E-state index contributed by atoms with van der Waals surface area (Å²) in [6, 6.07) is 12.6. The Morgan fingerprint density at radius 3 is 2.24 bits per heavy atom. The molecule has 0 aromatic heterocycles. The number of piperidine rings is 1. The number of amides is 2. The maximum absolute atomic E-state index is 12.9. The Morgan fingerprint density at radius 2 is 1.68 bits per heavy atom. The molecule has 0 saturated carbocycles. The van der Waals surface area contributed by atoms with Gasteiger partial charge in [-0.3, -0.25) is 14.5 Å². The lowest BCUT2D eigenvalue weighted by molar-refractivity contribution is -0.137. The van der Waals surface area contributed by atoms with Crippen LogP contribution in [0.5, 0.6) is 0 Å². The van der Waals surface area contributed by atoms with Gasteiger partial charge >= 0.3 is 6.18 Å². The number of carbonyl (C=O) groups excluding carboxylic acids is 2. The van der Waals surface area contributed by atoms with Crippen molar-refractivity contribution in [3.8, 4) is 0 Å². The van der Waals surface area contributed by atoms with Crippen LogP contribution in [0.1, 0.15) is 58.6 Å². The smallest absolute Gasteiger partial charge is 0.366 e. The molecular formula is C27H32F3N3O4S. The van der Waals surface area contributed by atoms with Gasteiger partial charge in [0.05, 0.1) is 5.56 Å². The average molecular weight is 552 g/mol. The van der Waals surface area contributed by atoms with Crippen molar-refractivity contribution in [1.82, 2.24) is 9.80 Å². The highest BCUT2D eigenvalue weighted by Gasteiger charge is 2.41. The third-order valence-corrected chi connectivity index (χ3v) is 8.32. The summed E-state index contributed by atoms with van der Waals surface area (Å²) in [5.74, 6) is -1.39. The molecule has 3 atom stereocenters. The van der Waals surface area contributed by atoms with E-state index < -0.39 is 39.1 Å². The predicted molar refractivity (Wildman–Crippen MR) is 137 cm³/mol. The van der Waals surface area contributed by atoms with E-state index in [1.165, 1.54) is 17.0 Å². The third-order valence-electron chi connectivity index (χ3n) is 7.55. The Bertz CT molecular complexity index is 1270. The SMILES string of the molecule is CS(=O)(=O)CC(=O)N(CCN1[C@@H]2CC[C@H]1C[C@@H](c1cccc(C(N)=O)c1)C2)Cc1ccc(C(F)(F)F)cc1. The number of sulfone groups is 1. The summed E-state index contributed by atoms with van der Waals surface area (Å²) < 4.78 is 62.4. The molecule has 2 aromatic rings. The molecule has 2 fully saturated rings. The van der Waals surface area contributed by atoms with Crippen LogP contribution < -0.4 is 5.73 Å². The largest absolute Gasteiger partial charge is 0.416 e. The number of nitrogens with two attached hydrogens (primary N) is 1. The van der Waals surface area contributed by atoms with E-state index in [0.29, 0.717) is 17.7 Å². The van der Waals surface area contributed by atoms with Gasteiger partial charge in [0.15, 0.2) is 9.84 Å². The summed E-state index contributed by atoms with van der Waals surface area (Å²) in [4.78, 5) is 28.3. The molecule has 4 rings (SSSR count). The Balaban J connectivity index is 1.44. The van der Waals surface area contributed by atoms with E-state index in [0.717, 1.165) is 49.6 Å². The fraction of sp³-hybridized carbons (Fsp3) is 0.481. The van der Waals surface area contributed by atoms with Gasteiger partial charge < -0.3 is 10.6 Å². The lowest BCUT2D eigenvalue weighted by Gasteiger charge is -2.40. The Labute approximate surface area is 220 Å². The first-order chi connectivity index (χ1) is 17.8. The molecule has 2 amide bonds. The van der Waals surface area contributed by atoms with E-state index in [1.807, 2.05) is 18.2 Å². The van der Waals surface area contributed by atoms with Crippen molar-refractivity contribution in [1.29, 1.82) is 0 Å². The Kier molecular flexibility index (Phi) is 8.17. The van der Waals surface area contributed by atoms with Gasteiger partial charge in [-0.05, 0) is 67.0 Å². The van der Waals surface area contributed by atoms with Crippen molar-refractivity contribution in [2.24, 2.45) is 5.73 Å². The number of benzene rings is 2. The highest BCUT2D eigenvalue weighted by atomic mass is 32.2. The van der Waals surface area contributed by atoms with Crippen LogP contribution in [0.25, 0.3) is 0 Å². The second-order valence-electron chi connectivity index (χ2n) is 10.4. The zero-order chi connectivity index (χ0) is 27.7. The molecule has 38 heavy (non-hydrogen) atoms. The monoisotopic (exact) mass is 551 g/mol. The predicted octanol–water partition coefficient (Wildman–Crippen LogP) is 3.59. The van der Waals surface area contributed by atoms with Gasteiger partial charge in [0.2, 0.25) is 11.8 Å². The minimum atomic E-state index is -4.46. The lowest BCUT2D eigenvalue weighted by atomic mass is 9.84. The molecule has 2 aromatic carbocycles. The second-order valence-corrected chi connectivity index (χ2v) is 12.5. The number of halogens is 3. The zero-order valence-corrected chi connectivity index (χ0v) is 22.0. The van der Waals surface area contributed by atoms with Crippen molar-refractivity contribution < 1.29 is 31.2 Å². The number of alkyl halides is 3. The first-order valence-corrected chi connectivity index (χ1v) is 14.6. The van der Waals surface area contributed by atoms with Crippen LogP contribution in [0.2, 0.25) is 0 Å². The van der Waals surface area contributed by atoms with Crippen molar-refractivity contribution in [2.75, 3.05) is 25.1 Å². The van der Waals surface area contributed by atoms with Gasteiger partial charge in [-0.25, -0.2) is 8.42 Å². The van der Waals surface area contributed by atoms with E-state index in [-0.39, 0.29) is 31.1 Å². The molecule has 206 valence electrons. The van der Waals surface area contributed by atoms with E-state index in [9.17, 15) is 31.2 Å². The number of hydrogen-bond acceptors (Lipinski definition) is 5. The first kappa shape index (κ1) is 28.1. The third kappa shape index (κ3) is 6.93. The van der Waals surface area contributed by atoms with Crippen molar-refractivity contribution in [3.63, 3.8) is 0 Å². The van der Waals surface area contributed by atoms with Crippen molar-refractivity contribution in [2.45, 2.75) is 56.4 Å². The minimum absolute atomic E-state index is 0.0260. The standard InChI is InChI=1S/C27H32F3N3O4S/c1-38(36,37)17-25(34)32(16-18-5-7-22(8-6-18)27(28,29)30)11-12-33-23-9-10-24(33)15-21(14-23)19-3-2-4-20(13-19)26(31)35/h2-8,13,21,23-24H,9-12,14-17H2,1H3,(H2,31,35)/t21-,23+,24-. The minimum Gasteiger partial charge on any atom is -0.366 e. The van der Waals surface area contributed by atoms with Gasteiger partial charge in [0, 0.05) is 43.5 Å². The molecule has 0 unspecified atom stereocenters. The summed E-state index contributed by atoms with van der Waals surface area (Å²) >= 11 is 0. The van der Waals surface area contributed by atoms with Crippen LogP contribution in [-0.4, -0.2) is 67.2 Å². The van der Waals surface area contributed by atoms with Crippen LogP contribution in [0.4, 0.5) is 13.2 Å². The number of carbonyl (C=O) groups is 2. The molecular weight excluding hydrogens is 519 g/mol. The van der Waals surface area contributed by atoms with Crippen LogP contribution >= 0.6 is 0 Å². The van der Waals surface area contributed by atoms with Crippen LogP contribution in [0.3, 0.4) is 0 Å². The molecule has 0 aliphatic carbocycles. The molecule has 2 aliphatic heterocycles. The molecule has 2 saturated heterocycles. The zero-order valence-electron chi connectivity index (χ0n) is 21.2. The molecule has 7 nitrogen and oxygen atoms in total. The summed E-state index contributed by atoms with van der Waals surface area (Å²) in [6.07, 6.45) is 0.333. The molecule has 2 heterocycles. The Morgan fingerprint density at radius 1 is 1.05 bits per heavy atom. The number of rotatable bonds is 9. The lowest BCUT2D eigenvalue weighted by Crippen LogP contribution is -2.47. The first-order valence-electron chi connectivity index (χ1n) is 12.6. The number of nitrogens with zero attached hydrogens (tertiary/aromatic N) is 2. The van der Waals surface area contributed by atoms with Crippen molar-refractivity contribution >= 4 is 21.7 Å². The highest BCUT2D eigenvalue weighted by Crippen LogP contribution is 2.43. The van der Waals surface area contributed by atoms with Crippen LogP contribution in [0, 0.1) is 0 Å². The van der Waals surface area contributed by atoms with Gasteiger partial charge in [0.1, 0.15) is 5.75 Å². The summed E-state index contributed by atoms with van der Waals surface area (Å²) in [5.41, 5.74) is 6.74. The number of hydrogen-bond donors (Lipinski definition) is 1. The van der Waals surface area contributed by atoms with Crippen LogP contribution in [0.15, 0.2) is 48.5 Å². The highest BCUT2D eigenvalue weighted by molar-refractivity contribution is 7.91. The van der Waals surface area contributed by atoms with E-state index in [2.05, 4.69) is 4.90 Å². The topological polar surface area (TPSA) is 101 Å². The summed E-state index contributed by atoms with van der Waals surface area (Å²) in [7, 11) is -3.57. The van der Waals surface area contributed by atoms with Gasteiger partial charge in [-0.15, -0.1) is 0 Å². The molecule has 2 N–H and O–H groups in total. The number of primary amides is 1. The van der Waals surface area contributed by atoms with Crippen molar-refractivity contribution in [3.05, 3.63) is 70.8 Å². The maximum Gasteiger partial charge on any atom is 0.416 e. The molecule has 2 aliphatic rings. The molecule has 2 bridgehead atoms. The van der Waals surface area contributed by atoms with Gasteiger partial charge in [0.25, 0.3) is 0 Å². The molecule has 0 spiro atoms. The van der Waals surface area contributed by atoms with Gasteiger partial charge in [-0.2, -0.15) is 13.2 Å². The fourth-order valence-electron chi connectivity index (χ4n) is 5.72. The molecule has 11 heteroatoms. The summed E-state index contributed by atoms with van der Waals surface area (Å²) in [5, 5.41) is 0.